The summed E-state index contributed by atoms with van der Waals surface area (Å²) in [6.07, 6.45) is 3.12. The molecule has 1 N–H and O–H groups in total. The Morgan fingerprint density at radius 3 is 2.62 bits per heavy atom. The number of unbranched alkanes of at least 4 members (excludes halogenated alkanes) is 1. The highest BCUT2D eigenvalue weighted by Crippen LogP contribution is 2.32. The number of nitrogens with zero attached hydrogens (tertiary/aromatic N) is 2. The molecule has 3 rings (SSSR count). The second-order valence-electron chi connectivity index (χ2n) is 7.23. The summed E-state index contributed by atoms with van der Waals surface area (Å²) in [5.74, 6) is -1.81. The zero-order valence-electron chi connectivity index (χ0n) is 18.2. The van der Waals surface area contributed by atoms with Crippen molar-refractivity contribution in [2.75, 3.05) is 18.5 Å². The molecule has 2 aromatic carbocycles. The van der Waals surface area contributed by atoms with Crippen LogP contribution in [0.2, 0.25) is 5.02 Å². The fraction of sp³-hybridized carbons (Fsp3) is 0.208. The molecule has 0 bridgehead atoms. The largest absolute Gasteiger partial charge is 0.462 e. The minimum absolute atomic E-state index is 0.104. The highest BCUT2D eigenvalue weighted by molar-refractivity contribution is 8.18. The van der Waals surface area contributed by atoms with E-state index in [1.54, 1.807) is 24.3 Å². The first-order chi connectivity index (χ1) is 16.3. The van der Waals surface area contributed by atoms with Gasteiger partial charge in [-0.1, -0.05) is 37.1 Å². The van der Waals surface area contributed by atoms with Gasteiger partial charge in [0.05, 0.1) is 33.7 Å². The Kier molecular flexibility index (Phi) is 8.46. The maximum Gasteiger partial charge on any atom is 0.339 e. The molecule has 3 amide bonds. The predicted molar refractivity (Wildman–Crippen MR) is 129 cm³/mol. The van der Waals surface area contributed by atoms with Crippen molar-refractivity contribution in [1.29, 1.82) is 5.26 Å². The van der Waals surface area contributed by atoms with Gasteiger partial charge in [-0.2, -0.15) is 5.26 Å². The molecule has 2 aromatic rings. The van der Waals surface area contributed by atoms with E-state index in [1.165, 1.54) is 24.3 Å². The van der Waals surface area contributed by atoms with Crippen LogP contribution in [0.3, 0.4) is 0 Å². The predicted octanol–water partition coefficient (Wildman–Crippen LogP) is 4.84. The zero-order valence-corrected chi connectivity index (χ0v) is 19.7. The van der Waals surface area contributed by atoms with Crippen LogP contribution in [0, 0.1) is 11.3 Å². The Balaban J connectivity index is 1.65. The molecule has 34 heavy (non-hydrogen) atoms. The van der Waals surface area contributed by atoms with E-state index in [2.05, 4.69) is 5.32 Å². The summed E-state index contributed by atoms with van der Waals surface area (Å²) in [6, 6.07) is 12.9. The van der Waals surface area contributed by atoms with Crippen molar-refractivity contribution in [2.24, 2.45) is 0 Å². The first-order valence-electron chi connectivity index (χ1n) is 10.3. The van der Waals surface area contributed by atoms with Gasteiger partial charge in [-0.3, -0.25) is 19.3 Å². The molecule has 1 saturated heterocycles. The van der Waals surface area contributed by atoms with E-state index in [0.29, 0.717) is 11.1 Å². The molecule has 0 radical (unpaired) electrons. The topological polar surface area (TPSA) is 117 Å². The van der Waals surface area contributed by atoms with Crippen LogP contribution < -0.4 is 5.32 Å². The standard InChI is InChI=1S/C24H20ClN3O5S/c1-2-3-10-33-23(31)18-12-17(8-9-19(18)25)27-21(29)14-28-22(30)20(34-24(28)32)11-15-4-6-16(13-26)7-5-15/h4-9,11-12H,2-3,10,14H2,1H3,(H,27,29)/b20-11+. The van der Waals surface area contributed by atoms with E-state index in [9.17, 15) is 19.2 Å². The van der Waals surface area contributed by atoms with Crippen molar-refractivity contribution < 1.29 is 23.9 Å². The van der Waals surface area contributed by atoms with Gasteiger partial charge >= 0.3 is 5.97 Å². The lowest BCUT2D eigenvalue weighted by Crippen LogP contribution is -2.36. The van der Waals surface area contributed by atoms with Gasteiger partial charge in [0.2, 0.25) is 5.91 Å². The molecule has 0 unspecified atom stereocenters. The minimum atomic E-state index is -0.616. The first-order valence-corrected chi connectivity index (χ1v) is 11.5. The van der Waals surface area contributed by atoms with Gasteiger partial charge in [0.15, 0.2) is 0 Å². The average Bonchev–Trinajstić information content (AvgIpc) is 3.08. The Morgan fingerprint density at radius 2 is 1.94 bits per heavy atom. The van der Waals surface area contributed by atoms with E-state index in [4.69, 9.17) is 21.6 Å². The normalized spacial score (nSPS) is 14.3. The van der Waals surface area contributed by atoms with Gasteiger partial charge in [-0.25, -0.2) is 4.79 Å². The number of carbonyl (C=O) groups is 4. The lowest BCUT2D eigenvalue weighted by atomic mass is 10.1. The van der Waals surface area contributed by atoms with Crippen LogP contribution in [0.4, 0.5) is 10.5 Å². The number of thioether (sulfide) groups is 1. The number of amides is 3. The Labute approximate surface area is 205 Å². The summed E-state index contributed by atoms with van der Waals surface area (Å²) < 4.78 is 5.16. The smallest absolute Gasteiger partial charge is 0.339 e. The van der Waals surface area contributed by atoms with Crippen molar-refractivity contribution in [3.63, 3.8) is 0 Å². The molecule has 0 saturated carbocycles. The summed E-state index contributed by atoms with van der Waals surface area (Å²) >= 11 is 6.81. The van der Waals surface area contributed by atoms with E-state index >= 15 is 0 Å². The van der Waals surface area contributed by atoms with E-state index in [1.807, 2.05) is 13.0 Å². The average molecular weight is 498 g/mol. The summed E-state index contributed by atoms with van der Waals surface area (Å²) in [7, 11) is 0. The monoisotopic (exact) mass is 497 g/mol. The van der Waals surface area contributed by atoms with E-state index in [0.717, 1.165) is 29.5 Å². The van der Waals surface area contributed by atoms with Crippen LogP contribution in [0.1, 0.15) is 41.3 Å². The second kappa shape index (κ2) is 11.5. The highest BCUT2D eigenvalue weighted by Gasteiger charge is 2.36. The number of nitrogens with one attached hydrogen (secondary N) is 1. The molecule has 1 heterocycles. The summed E-state index contributed by atoms with van der Waals surface area (Å²) in [5, 5.41) is 11.0. The van der Waals surface area contributed by atoms with Crippen LogP contribution in [0.25, 0.3) is 6.08 Å². The number of halogens is 1. The van der Waals surface area contributed by atoms with Crippen LogP contribution >= 0.6 is 23.4 Å². The van der Waals surface area contributed by atoms with Crippen molar-refractivity contribution in [3.05, 3.63) is 69.1 Å². The highest BCUT2D eigenvalue weighted by atomic mass is 35.5. The number of anilines is 1. The van der Waals surface area contributed by atoms with Crippen molar-refractivity contribution in [3.8, 4) is 6.07 Å². The van der Waals surface area contributed by atoms with Crippen LogP contribution in [-0.4, -0.2) is 41.1 Å². The quantitative estimate of drug-likeness (QED) is 0.315. The van der Waals surface area contributed by atoms with Gasteiger partial charge in [-0.15, -0.1) is 0 Å². The molecular formula is C24H20ClN3O5S. The second-order valence-corrected chi connectivity index (χ2v) is 8.63. The van der Waals surface area contributed by atoms with Crippen LogP contribution in [-0.2, 0) is 14.3 Å². The number of hydrogen-bond acceptors (Lipinski definition) is 7. The lowest BCUT2D eigenvalue weighted by Gasteiger charge is -2.13. The Hall–Kier alpha value is -3.61. The van der Waals surface area contributed by atoms with Crippen LogP contribution in [0.15, 0.2) is 47.4 Å². The lowest BCUT2D eigenvalue weighted by molar-refractivity contribution is -0.127. The molecule has 0 aliphatic carbocycles. The van der Waals surface area contributed by atoms with Gasteiger partial charge < -0.3 is 10.1 Å². The summed E-state index contributed by atoms with van der Waals surface area (Å²) in [6.45, 7) is 1.74. The van der Waals surface area contributed by atoms with Gasteiger partial charge in [0, 0.05) is 5.69 Å². The number of imide groups is 1. The summed E-state index contributed by atoms with van der Waals surface area (Å²) in [5.41, 5.74) is 1.50. The SMILES string of the molecule is CCCCOC(=O)c1cc(NC(=O)CN2C(=O)S/C(=C/c3ccc(C#N)cc3)C2=O)ccc1Cl. The Bertz CT molecular complexity index is 1200. The fourth-order valence-corrected chi connectivity index (χ4v) is 3.97. The van der Waals surface area contributed by atoms with Crippen molar-refractivity contribution in [1.82, 2.24) is 4.90 Å². The number of rotatable bonds is 8. The minimum Gasteiger partial charge on any atom is -0.462 e. The molecule has 0 spiro atoms. The fourth-order valence-electron chi connectivity index (χ4n) is 2.93. The molecule has 1 aliphatic rings. The first kappa shape index (κ1) is 25.0. The van der Waals surface area contributed by atoms with E-state index < -0.39 is 29.6 Å². The number of esters is 1. The van der Waals surface area contributed by atoms with Gasteiger partial charge in [0.25, 0.3) is 11.1 Å². The maximum absolute atomic E-state index is 12.6. The molecule has 10 heteroatoms. The van der Waals surface area contributed by atoms with Crippen molar-refractivity contribution in [2.45, 2.75) is 19.8 Å². The third-order valence-corrected chi connectivity index (χ3v) is 5.95. The molecule has 0 atom stereocenters. The molecule has 0 aromatic heterocycles. The molecule has 1 aliphatic heterocycles. The molecular weight excluding hydrogens is 478 g/mol. The van der Waals surface area contributed by atoms with Crippen LogP contribution in [0.5, 0.6) is 0 Å². The molecule has 1 fully saturated rings. The molecule has 8 nitrogen and oxygen atoms in total. The number of ether oxygens (including phenoxy) is 1. The van der Waals surface area contributed by atoms with Crippen molar-refractivity contribution >= 4 is 58.1 Å². The van der Waals surface area contributed by atoms with Gasteiger partial charge in [0.1, 0.15) is 6.54 Å². The van der Waals surface area contributed by atoms with Gasteiger partial charge in [-0.05, 0) is 60.2 Å². The molecule has 174 valence electrons. The maximum atomic E-state index is 12.6. The number of benzene rings is 2. The number of carbonyl (C=O) groups excluding carboxylic acids is 4. The summed E-state index contributed by atoms with van der Waals surface area (Å²) in [4.78, 5) is 50.7. The zero-order chi connectivity index (χ0) is 24.7. The Morgan fingerprint density at radius 1 is 1.21 bits per heavy atom. The number of hydrogen-bond donors (Lipinski definition) is 1. The third kappa shape index (κ3) is 6.25. The number of nitriles is 1. The third-order valence-electron chi connectivity index (χ3n) is 4.71. The van der Waals surface area contributed by atoms with E-state index in [-0.39, 0.29) is 27.8 Å².